The first-order chi connectivity index (χ1) is 25.0. The van der Waals surface area contributed by atoms with E-state index in [4.69, 9.17) is 9.47 Å². The molecule has 4 aromatic rings. The Bertz CT molecular complexity index is 1820. The minimum absolute atomic E-state index is 0.0981. The van der Waals surface area contributed by atoms with Crippen molar-refractivity contribution >= 4 is 23.9 Å². The fraction of sp³-hybridized carbons (Fsp3) is 0.333. The van der Waals surface area contributed by atoms with E-state index < -0.39 is 36.1 Å². The van der Waals surface area contributed by atoms with Gasteiger partial charge in [0.15, 0.2) is 0 Å². The van der Waals surface area contributed by atoms with Crippen LogP contribution in [0.3, 0.4) is 0 Å². The smallest absolute Gasteiger partial charge is 0.410 e. The van der Waals surface area contributed by atoms with Crippen molar-refractivity contribution in [2.45, 2.75) is 69.2 Å². The SMILES string of the molecule is O=C(N[C@H](Cc1ccccc1)C(=O)N1CCC[C@H]1C(=O)OCc1ccccc1)[C@@H]1CCCCN1C(=O)OCC1c2ccccc2-c2ccccc21. The van der Waals surface area contributed by atoms with E-state index in [9.17, 15) is 19.2 Å². The van der Waals surface area contributed by atoms with Crippen LogP contribution in [0.2, 0.25) is 0 Å². The van der Waals surface area contributed by atoms with Crippen LogP contribution in [0.25, 0.3) is 11.1 Å². The molecule has 2 aliphatic heterocycles. The molecule has 0 radical (unpaired) electrons. The third-order valence-electron chi connectivity index (χ3n) is 10.3. The number of esters is 1. The second kappa shape index (κ2) is 15.6. The first-order valence-corrected chi connectivity index (χ1v) is 17.9. The van der Waals surface area contributed by atoms with Gasteiger partial charge in [-0.1, -0.05) is 109 Å². The van der Waals surface area contributed by atoms with Gasteiger partial charge < -0.3 is 19.7 Å². The van der Waals surface area contributed by atoms with Gasteiger partial charge in [0, 0.05) is 25.4 Å². The van der Waals surface area contributed by atoms with Gasteiger partial charge in [-0.3, -0.25) is 14.5 Å². The monoisotopic (exact) mass is 685 g/mol. The quantitative estimate of drug-likeness (QED) is 0.198. The molecule has 0 bridgehead atoms. The Labute approximate surface area is 298 Å². The largest absolute Gasteiger partial charge is 0.459 e. The molecule has 2 heterocycles. The average Bonchev–Trinajstić information content (AvgIpc) is 3.80. The molecule has 0 unspecified atom stereocenters. The summed E-state index contributed by atoms with van der Waals surface area (Å²) in [5, 5.41) is 3.01. The summed E-state index contributed by atoms with van der Waals surface area (Å²) in [5.74, 6) is -1.29. The van der Waals surface area contributed by atoms with Crippen molar-refractivity contribution in [3.63, 3.8) is 0 Å². The van der Waals surface area contributed by atoms with E-state index in [1.165, 1.54) is 4.90 Å². The predicted octanol–water partition coefficient (Wildman–Crippen LogP) is 6.25. The lowest BCUT2D eigenvalue weighted by atomic mass is 9.98. The van der Waals surface area contributed by atoms with Gasteiger partial charge in [-0.25, -0.2) is 9.59 Å². The van der Waals surface area contributed by atoms with Gasteiger partial charge in [0.2, 0.25) is 11.8 Å². The number of carbonyl (C=O) groups is 4. The minimum atomic E-state index is -0.936. The van der Waals surface area contributed by atoms with Gasteiger partial charge >= 0.3 is 12.1 Å². The normalized spacial score (nSPS) is 18.7. The standard InChI is InChI=1S/C42H43N3O6/c46-39(37-22-11-12-24-45(37)42(49)51-28-35-33-20-9-7-18-31(33)32-19-8-10-21-34(32)35)43-36(26-29-14-3-1-4-15-29)40(47)44-25-13-23-38(44)41(48)50-27-30-16-5-2-6-17-30/h1-10,14-21,35-38H,11-13,22-28H2,(H,43,46)/t36-,37+,38+/m1/s1. The summed E-state index contributed by atoms with van der Waals surface area (Å²) >= 11 is 0. The number of carbonyl (C=O) groups excluding carboxylic acids is 4. The molecule has 1 N–H and O–H groups in total. The number of rotatable bonds is 10. The maximum atomic E-state index is 14.2. The zero-order chi connectivity index (χ0) is 35.2. The van der Waals surface area contributed by atoms with Crippen LogP contribution in [-0.4, -0.2) is 71.5 Å². The van der Waals surface area contributed by atoms with Gasteiger partial charge in [-0.05, 0) is 65.5 Å². The fourth-order valence-corrected chi connectivity index (χ4v) is 7.72. The third kappa shape index (κ3) is 7.53. The lowest BCUT2D eigenvalue weighted by molar-refractivity contribution is -0.155. The molecular weight excluding hydrogens is 642 g/mol. The molecule has 262 valence electrons. The third-order valence-corrected chi connectivity index (χ3v) is 10.3. The van der Waals surface area contributed by atoms with Crippen LogP contribution in [0.4, 0.5) is 4.79 Å². The van der Waals surface area contributed by atoms with Crippen molar-refractivity contribution in [1.29, 1.82) is 0 Å². The van der Waals surface area contributed by atoms with Crippen molar-refractivity contribution in [1.82, 2.24) is 15.1 Å². The summed E-state index contributed by atoms with van der Waals surface area (Å²) in [4.78, 5) is 58.3. The first-order valence-electron chi connectivity index (χ1n) is 17.9. The van der Waals surface area contributed by atoms with Crippen LogP contribution >= 0.6 is 0 Å². The number of likely N-dealkylation sites (tertiary alicyclic amines) is 2. The lowest BCUT2D eigenvalue weighted by Gasteiger charge is -2.35. The lowest BCUT2D eigenvalue weighted by Crippen LogP contribution is -2.58. The van der Waals surface area contributed by atoms with Crippen molar-refractivity contribution in [2.24, 2.45) is 0 Å². The highest BCUT2D eigenvalue weighted by Gasteiger charge is 2.41. The van der Waals surface area contributed by atoms with Gasteiger partial charge in [-0.15, -0.1) is 0 Å². The number of benzene rings is 4. The zero-order valence-corrected chi connectivity index (χ0v) is 28.6. The second-order valence-electron chi connectivity index (χ2n) is 13.5. The fourth-order valence-electron chi connectivity index (χ4n) is 7.72. The van der Waals surface area contributed by atoms with Crippen molar-refractivity contribution in [3.8, 4) is 11.1 Å². The molecule has 0 aromatic heterocycles. The van der Waals surface area contributed by atoms with Crippen molar-refractivity contribution in [2.75, 3.05) is 19.7 Å². The Morgan fingerprint density at radius 1 is 0.647 bits per heavy atom. The van der Waals surface area contributed by atoms with Crippen LogP contribution in [0, 0.1) is 0 Å². The Hall–Kier alpha value is -5.44. The van der Waals surface area contributed by atoms with E-state index in [1.807, 2.05) is 84.9 Å². The molecule has 2 saturated heterocycles. The van der Waals surface area contributed by atoms with E-state index >= 15 is 0 Å². The first kappa shape index (κ1) is 34.0. The number of nitrogens with one attached hydrogen (secondary N) is 1. The number of piperidine rings is 1. The summed E-state index contributed by atoms with van der Waals surface area (Å²) < 4.78 is 11.6. The topological polar surface area (TPSA) is 105 Å². The summed E-state index contributed by atoms with van der Waals surface area (Å²) in [6, 6.07) is 32.8. The molecule has 0 saturated carbocycles. The maximum Gasteiger partial charge on any atom is 0.410 e. The highest BCUT2D eigenvalue weighted by atomic mass is 16.6. The van der Waals surface area contributed by atoms with E-state index in [0.29, 0.717) is 32.4 Å². The Kier molecular flexibility index (Phi) is 10.4. The molecule has 9 nitrogen and oxygen atoms in total. The second-order valence-corrected chi connectivity index (χ2v) is 13.5. The molecule has 3 aliphatic rings. The van der Waals surface area contributed by atoms with Crippen LogP contribution < -0.4 is 5.32 Å². The minimum Gasteiger partial charge on any atom is -0.459 e. The molecule has 3 amide bonds. The Morgan fingerprint density at radius 2 is 1.24 bits per heavy atom. The highest BCUT2D eigenvalue weighted by molar-refractivity contribution is 5.93. The van der Waals surface area contributed by atoms with Gasteiger partial charge in [0.1, 0.15) is 31.3 Å². The molecule has 3 atom stereocenters. The number of ether oxygens (including phenoxy) is 2. The molecule has 9 heteroatoms. The zero-order valence-electron chi connectivity index (χ0n) is 28.6. The number of hydrogen-bond acceptors (Lipinski definition) is 6. The number of nitrogens with zero attached hydrogens (tertiary/aromatic N) is 2. The van der Waals surface area contributed by atoms with Crippen LogP contribution in [0.15, 0.2) is 109 Å². The average molecular weight is 686 g/mol. The van der Waals surface area contributed by atoms with Gasteiger partial charge in [0.25, 0.3) is 0 Å². The number of hydrogen-bond donors (Lipinski definition) is 1. The highest BCUT2D eigenvalue weighted by Crippen LogP contribution is 2.44. The molecule has 0 spiro atoms. The molecule has 2 fully saturated rings. The van der Waals surface area contributed by atoms with Crippen LogP contribution in [0.5, 0.6) is 0 Å². The Balaban J connectivity index is 1.04. The summed E-state index contributed by atoms with van der Waals surface area (Å²) in [5.41, 5.74) is 6.25. The maximum absolute atomic E-state index is 14.2. The Morgan fingerprint density at radius 3 is 1.92 bits per heavy atom. The molecule has 7 rings (SSSR count). The predicted molar refractivity (Wildman–Crippen MR) is 192 cm³/mol. The van der Waals surface area contributed by atoms with Gasteiger partial charge in [0.05, 0.1) is 0 Å². The van der Waals surface area contributed by atoms with Crippen LogP contribution in [-0.2, 0) is 36.9 Å². The van der Waals surface area contributed by atoms with E-state index in [-0.39, 0.29) is 31.5 Å². The molecular formula is C42H43N3O6. The summed E-state index contributed by atoms with van der Waals surface area (Å²) in [6.07, 6.45) is 2.82. The number of fused-ring (bicyclic) bond motifs is 3. The molecule has 1 aliphatic carbocycles. The summed E-state index contributed by atoms with van der Waals surface area (Å²) in [6.45, 7) is 1.05. The van der Waals surface area contributed by atoms with E-state index in [0.717, 1.165) is 46.2 Å². The summed E-state index contributed by atoms with van der Waals surface area (Å²) in [7, 11) is 0. The molecule has 51 heavy (non-hydrogen) atoms. The number of amides is 3. The van der Waals surface area contributed by atoms with E-state index in [1.54, 1.807) is 4.90 Å². The van der Waals surface area contributed by atoms with E-state index in [2.05, 4.69) is 29.6 Å². The van der Waals surface area contributed by atoms with Gasteiger partial charge in [-0.2, -0.15) is 0 Å². The van der Waals surface area contributed by atoms with Crippen molar-refractivity contribution < 1.29 is 28.7 Å². The molecule has 4 aromatic carbocycles. The van der Waals surface area contributed by atoms with Crippen molar-refractivity contribution in [3.05, 3.63) is 131 Å². The van der Waals surface area contributed by atoms with Crippen LogP contribution in [0.1, 0.15) is 60.3 Å².